The van der Waals surface area contributed by atoms with E-state index in [1.54, 1.807) is 0 Å². The van der Waals surface area contributed by atoms with Crippen LogP contribution in [0.5, 0.6) is 0 Å². The van der Waals surface area contributed by atoms with Gasteiger partial charge in [-0.15, -0.1) is 0 Å². The molecule has 0 saturated carbocycles. The molecule has 0 atom stereocenters. The van der Waals surface area contributed by atoms with Gasteiger partial charge in [-0.25, -0.2) is 4.79 Å². The number of hydrogen-bond donors (Lipinski definition) is 2. The van der Waals surface area contributed by atoms with Gasteiger partial charge in [0.2, 0.25) is 0 Å². The molecule has 2 aromatic carbocycles. The van der Waals surface area contributed by atoms with Gasteiger partial charge in [-0.05, 0) is 61.0 Å². The van der Waals surface area contributed by atoms with E-state index in [0.29, 0.717) is 0 Å². The lowest BCUT2D eigenvalue weighted by molar-refractivity contribution is 0.257. The first-order valence-corrected chi connectivity index (χ1v) is 7.87. The molecule has 1 aliphatic rings. The Morgan fingerprint density at radius 2 is 2.04 bits per heavy atom. The number of carbonyl (C=O) groups is 1. The van der Waals surface area contributed by atoms with Crippen LogP contribution < -0.4 is 10.2 Å². The minimum atomic E-state index is -0.0680. The standard InChI is InChI=1S/C19H19N3O/c1-12-3-4-18-15(9-12)6-8-22(18)19(23)21-16-11-17-14(5-7-20-17)10-13(16)2/h3-5,7,9-11,20H,6,8H2,1-2H3,(H,21,23). The fourth-order valence-electron chi connectivity index (χ4n) is 3.27. The molecule has 0 spiro atoms. The third-order valence-electron chi connectivity index (χ3n) is 4.52. The number of nitrogens with one attached hydrogen (secondary N) is 2. The van der Waals surface area contributed by atoms with Gasteiger partial charge < -0.3 is 10.3 Å². The van der Waals surface area contributed by atoms with Crippen LogP contribution >= 0.6 is 0 Å². The number of rotatable bonds is 1. The summed E-state index contributed by atoms with van der Waals surface area (Å²) in [7, 11) is 0. The topological polar surface area (TPSA) is 48.1 Å². The molecule has 4 rings (SSSR count). The molecule has 0 radical (unpaired) electrons. The highest BCUT2D eigenvalue weighted by Crippen LogP contribution is 2.30. The van der Waals surface area contributed by atoms with Gasteiger partial charge >= 0.3 is 6.03 Å². The van der Waals surface area contributed by atoms with Crippen molar-refractivity contribution in [2.45, 2.75) is 20.3 Å². The van der Waals surface area contributed by atoms with Crippen LogP contribution in [0, 0.1) is 13.8 Å². The van der Waals surface area contributed by atoms with Gasteiger partial charge in [-0.3, -0.25) is 4.90 Å². The second-order valence-electron chi connectivity index (χ2n) is 6.20. The summed E-state index contributed by atoms with van der Waals surface area (Å²) in [6.45, 7) is 4.83. The van der Waals surface area contributed by atoms with Crippen molar-refractivity contribution >= 4 is 28.3 Å². The number of benzene rings is 2. The summed E-state index contributed by atoms with van der Waals surface area (Å²) < 4.78 is 0. The Morgan fingerprint density at radius 1 is 1.17 bits per heavy atom. The number of anilines is 2. The molecule has 3 aromatic rings. The van der Waals surface area contributed by atoms with Gasteiger partial charge in [0.25, 0.3) is 0 Å². The summed E-state index contributed by atoms with van der Waals surface area (Å²) in [5.74, 6) is 0. The molecule has 2 N–H and O–H groups in total. The Labute approximate surface area is 135 Å². The molecule has 116 valence electrons. The van der Waals surface area contributed by atoms with Gasteiger partial charge in [0.15, 0.2) is 0 Å². The summed E-state index contributed by atoms with van der Waals surface area (Å²) in [6, 6.07) is 12.3. The molecular formula is C19H19N3O. The van der Waals surface area contributed by atoms with Gasteiger partial charge in [0.1, 0.15) is 0 Å². The average molecular weight is 305 g/mol. The number of hydrogen-bond acceptors (Lipinski definition) is 1. The van der Waals surface area contributed by atoms with E-state index in [9.17, 15) is 4.79 Å². The van der Waals surface area contributed by atoms with Crippen LogP contribution in [0.1, 0.15) is 16.7 Å². The molecule has 0 fully saturated rings. The number of carbonyl (C=O) groups excluding carboxylic acids is 1. The minimum absolute atomic E-state index is 0.0680. The van der Waals surface area contributed by atoms with Crippen molar-refractivity contribution in [1.82, 2.24) is 4.98 Å². The molecule has 0 unspecified atom stereocenters. The van der Waals surface area contributed by atoms with Crippen molar-refractivity contribution < 1.29 is 4.79 Å². The van der Waals surface area contributed by atoms with Gasteiger partial charge in [-0.1, -0.05) is 17.7 Å². The number of aromatic nitrogens is 1. The minimum Gasteiger partial charge on any atom is -0.361 e. The highest BCUT2D eigenvalue weighted by Gasteiger charge is 2.24. The number of amides is 2. The zero-order chi connectivity index (χ0) is 16.0. The van der Waals surface area contributed by atoms with E-state index in [1.165, 1.54) is 11.1 Å². The van der Waals surface area contributed by atoms with Crippen LogP contribution in [0.4, 0.5) is 16.2 Å². The average Bonchev–Trinajstić information content (AvgIpc) is 3.13. The molecule has 1 aromatic heterocycles. The first-order chi connectivity index (χ1) is 11.1. The van der Waals surface area contributed by atoms with Crippen LogP contribution in [0.25, 0.3) is 10.9 Å². The van der Waals surface area contributed by atoms with Gasteiger partial charge in [-0.2, -0.15) is 0 Å². The number of aryl methyl sites for hydroxylation is 2. The van der Waals surface area contributed by atoms with Crippen molar-refractivity contribution in [2.24, 2.45) is 0 Å². The maximum atomic E-state index is 12.7. The van der Waals surface area contributed by atoms with E-state index in [2.05, 4.69) is 35.4 Å². The first kappa shape index (κ1) is 13.9. The Hall–Kier alpha value is -2.75. The molecule has 23 heavy (non-hydrogen) atoms. The summed E-state index contributed by atoms with van der Waals surface area (Å²) in [6.07, 6.45) is 2.83. The van der Waals surface area contributed by atoms with Crippen LogP contribution in [-0.4, -0.2) is 17.6 Å². The van der Waals surface area contributed by atoms with Crippen LogP contribution in [-0.2, 0) is 6.42 Å². The van der Waals surface area contributed by atoms with Crippen molar-refractivity contribution in [1.29, 1.82) is 0 Å². The number of fused-ring (bicyclic) bond motifs is 2. The zero-order valence-electron chi connectivity index (χ0n) is 13.3. The Morgan fingerprint density at radius 3 is 2.91 bits per heavy atom. The number of urea groups is 1. The molecule has 2 amide bonds. The number of aromatic amines is 1. The van der Waals surface area contributed by atoms with Crippen LogP contribution in [0.3, 0.4) is 0 Å². The molecule has 2 heterocycles. The van der Waals surface area contributed by atoms with Gasteiger partial charge in [0, 0.05) is 29.6 Å². The van der Waals surface area contributed by atoms with E-state index < -0.39 is 0 Å². The molecule has 0 saturated heterocycles. The molecule has 0 bridgehead atoms. The number of H-pyrrole nitrogens is 1. The van der Waals surface area contributed by atoms with Crippen molar-refractivity contribution in [2.75, 3.05) is 16.8 Å². The van der Waals surface area contributed by atoms with Crippen LogP contribution in [0.2, 0.25) is 0 Å². The third kappa shape index (κ3) is 2.36. The molecular weight excluding hydrogens is 286 g/mol. The van der Waals surface area contributed by atoms with Crippen molar-refractivity contribution in [3.63, 3.8) is 0 Å². The SMILES string of the molecule is Cc1ccc2c(c1)CCN2C(=O)Nc1cc2[nH]ccc2cc1C. The second kappa shape index (κ2) is 5.16. The predicted molar refractivity (Wildman–Crippen MR) is 94.3 cm³/mol. The Kier molecular flexibility index (Phi) is 3.11. The maximum Gasteiger partial charge on any atom is 0.326 e. The molecule has 4 heteroatoms. The fraction of sp³-hybridized carbons (Fsp3) is 0.211. The summed E-state index contributed by atoms with van der Waals surface area (Å²) in [5, 5.41) is 4.21. The van der Waals surface area contributed by atoms with Crippen molar-refractivity contribution in [3.05, 3.63) is 59.3 Å². The largest absolute Gasteiger partial charge is 0.361 e. The van der Waals surface area contributed by atoms with E-state index in [1.807, 2.05) is 36.2 Å². The summed E-state index contributed by atoms with van der Waals surface area (Å²) in [4.78, 5) is 17.7. The number of nitrogens with zero attached hydrogens (tertiary/aromatic N) is 1. The lowest BCUT2D eigenvalue weighted by Gasteiger charge is -2.19. The lowest BCUT2D eigenvalue weighted by Crippen LogP contribution is -2.33. The van der Waals surface area contributed by atoms with Gasteiger partial charge in [0.05, 0.1) is 0 Å². The molecule has 1 aliphatic heterocycles. The van der Waals surface area contributed by atoms with E-state index in [0.717, 1.165) is 40.8 Å². The predicted octanol–water partition coefficient (Wildman–Crippen LogP) is 4.38. The smallest absolute Gasteiger partial charge is 0.326 e. The van der Waals surface area contributed by atoms with E-state index >= 15 is 0 Å². The lowest BCUT2D eigenvalue weighted by atomic mass is 10.1. The van der Waals surface area contributed by atoms with E-state index in [4.69, 9.17) is 0 Å². The first-order valence-electron chi connectivity index (χ1n) is 7.87. The molecule has 4 nitrogen and oxygen atoms in total. The monoisotopic (exact) mass is 305 g/mol. The normalized spacial score (nSPS) is 13.4. The molecule has 0 aliphatic carbocycles. The summed E-state index contributed by atoms with van der Waals surface area (Å²) >= 11 is 0. The maximum absolute atomic E-state index is 12.7. The Balaban J connectivity index is 1.62. The quantitative estimate of drug-likeness (QED) is 0.688. The highest BCUT2D eigenvalue weighted by molar-refractivity contribution is 6.04. The fourth-order valence-corrected chi connectivity index (χ4v) is 3.27. The van der Waals surface area contributed by atoms with Crippen molar-refractivity contribution in [3.8, 4) is 0 Å². The Bertz CT molecular complexity index is 910. The second-order valence-corrected chi connectivity index (χ2v) is 6.20. The highest BCUT2D eigenvalue weighted by atomic mass is 16.2. The third-order valence-corrected chi connectivity index (χ3v) is 4.52. The van der Waals surface area contributed by atoms with Crippen LogP contribution in [0.15, 0.2) is 42.6 Å². The zero-order valence-corrected chi connectivity index (χ0v) is 13.3. The summed E-state index contributed by atoms with van der Waals surface area (Å²) in [5.41, 5.74) is 6.45. The van der Waals surface area contributed by atoms with E-state index in [-0.39, 0.29) is 6.03 Å².